The average molecular weight is 254 g/mol. The standard InChI is InChI=1S/C12H18N2O2S/c1-3-16-11(15)10-9(2)17-12(13-10)14-7-5-4-6-8-14/h3-8H2,1-2H3. The lowest BCUT2D eigenvalue weighted by molar-refractivity contribution is 0.0519. The van der Waals surface area contributed by atoms with Gasteiger partial charge in [-0.05, 0) is 33.1 Å². The number of thiazole rings is 1. The Labute approximate surface area is 106 Å². The van der Waals surface area contributed by atoms with Crippen molar-refractivity contribution in [2.24, 2.45) is 0 Å². The molecule has 0 radical (unpaired) electrons. The molecule has 0 aliphatic carbocycles. The predicted molar refractivity (Wildman–Crippen MR) is 68.9 cm³/mol. The number of rotatable bonds is 3. The molecule has 2 heterocycles. The van der Waals surface area contributed by atoms with Crippen LogP contribution in [0.3, 0.4) is 0 Å². The van der Waals surface area contributed by atoms with Crippen LogP contribution in [-0.4, -0.2) is 30.6 Å². The van der Waals surface area contributed by atoms with Gasteiger partial charge < -0.3 is 9.64 Å². The van der Waals surface area contributed by atoms with E-state index in [2.05, 4.69) is 9.88 Å². The predicted octanol–water partition coefficient (Wildman–Crippen LogP) is 2.62. The van der Waals surface area contributed by atoms with Crippen LogP contribution in [0.1, 0.15) is 41.6 Å². The molecule has 0 bridgehead atoms. The Morgan fingerprint density at radius 1 is 1.41 bits per heavy atom. The molecule has 0 unspecified atom stereocenters. The smallest absolute Gasteiger partial charge is 0.358 e. The molecule has 94 valence electrons. The molecule has 0 saturated carbocycles. The molecule has 0 amide bonds. The van der Waals surface area contributed by atoms with Gasteiger partial charge in [0, 0.05) is 18.0 Å². The second-order valence-corrected chi connectivity index (χ2v) is 5.35. The number of carbonyl (C=O) groups excluding carboxylic acids is 1. The van der Waals surface area contributed by atoms with Gasteiger partial charge in [-0.3, -0.25) is 0 Å². The summed E-state index contributed by atoms with van der Waals surface area (Å²) in [5.74, 6) is -0.301. The van der Waals surface area contributed by atoms with Crippen LogP contribution in [0, 0.1) is 6.92 Å². The molecule has 5 heteroatoms. The molecule has 1 saturated heterocycles. The number of carbonyl (C=O) groups is 1. The van der Waals surface area contributed by atoms with E-state index in [-0.39, 0.29) is 5.97 Å². The van der Waals surface area contributed by atoms with Gasteiger partial charge in [0.15, 0.2) is 10.8 Å². The van der Waals surface area contributed by atoms with Crippen LogP contribution in [0.25, 0.3) is 0 Å². The van der Waals surface area contributed by atoms with Gasteiger partial charge in [0.1, 0.15) is 0 Å². The van der Waals surface area contributed by atoms with Crippen LogP contribution >= 0.6 is 11.3 Å². The molecule has 1 fully saturated rings. The first-order chi connectivity index (χ1) is 8.22. The van der Waals surface area contributed by atoms with Gasteiger partial charge in [-0.1, -0.05) is 0 Å². The van der Waals surface area contributed by atoms with Crippen molar-refractivity contribution in [3.8, 4) is 0 Å². The number of ether oxygens (including phenoxy) is 1. The third-order valence-corrected chi connectivity index (χ3v) is 3.91. The summed E-state index contributed by atoms with van der Waals surface area (Å²) < 4.78 is 5.00. The zero-order valence-corrected chi connectivity index (χ0v) is 11.2. The van der Waals surface area contributed by atoms with Gasteiger partial charge in [-0.25, -0.2) is 9.78 Å². The van der Waals surface area contributed by atoms with Crippen LogP contribution < -0.4 is 4.90 Å². The second-order valence-electron chi connectivity index (χ2n) is 4.17. The van der Waals surface area contributed by atoms with Crippen molar-refractivity contribution in [3.05, 3.63) is 10.6 Å². The highest BCUT2D eigenvalue weighted by Crippen LogP contribution is 2.28. The quantitative estimate of drug-likeness (QED) is 0.778. The Balaban J connectivity index is 2.14. The molecule has 0 spiro atoms. The number of esters is 1. The van der Waals surface area contributed by atoms with Crippen LogP contribution in [0.4, 0.5) is 5.13 Å². The first-order valence-corrected chi connectivity index (χ1v) is 6.93. The highest BCUT2D eigenvalue weighted by atomic mass is 32.1. The van der Waals surface area contributed by atoms with E-state index in [1.165, 1.54) is 19.3 Å². The van der Waals surface area contributed by atoms with Crippen LogP contribution in [0.2, 0.25) is 0 Å². The van der Waals surface area contributed by atoms with Gasteiger partial charge in [0.05, 0.1) is 6.61 Å². The van der Waals surface area contributed by atoms with Gasteiger partial charge in [0.25, 0.3) is 0 Å². The molecule has 1 aliphatic rings. The van der Waals surface area contributed by atoms with Crippen molar-refractivity contribution < 1.29 is 9.53 Å². The molecule has 1 aliphatic heterocycles. The SMILES string of the molecule is CCOC(=O)c1nc(N2CCCCC2)sc1C. The zero-order chi connectivity index (χ0) is 12.3. The van der Waals surface area contributed by atoms with E-state index in [1.54, 1.807) is 11.3 Å². The first kappa shape index (κ1) is 12.4. The minimum Gasteiger partial charge on any atom is -0.461 e. The van der Waals surface area contributed by atoms with Gasteiger partial charge >= 0.3 is 5.97 Å². The van der Waals surface area contributed by atoms with E-state index in [0.29, 0.717) is 12.3 Å². The third-order valence-electron chi connectivity index (χ3n) is 2.88. The number of aryl methyl sites for hydroxylation is 1. The van der Waals surface area contributed by atoms with E-state index in [1.807, 2.05) is 13.8 Å². The molecule has 1 aromatic heterocycles. The molecular weight excluding hydrogens is 236 g/mol. The van der Waals surface area contributed by atoms with E-state index >= 15 is 0 Å². The van der Waals surface area contributed by atoms with Crippen molar-refractivity contribution in [1.82, 2.24) is 4.98 Å². The summed E-state index contributed by atoms with van der Waals surface area (Å²) in [4.78, 5) is 19.3. The maximum atomic E-state index is 11.7. The van der Waals surface area contributed by atoms with Crippen molar-refractivity contribution in [2.45, 2.75) is 33.1 Å². The lowest BCUT2D eigenvalue weighted by Crippen LogP contribution is -2.29. The summed E-state index contributed by atoms with van der Waals surface area (Å²) in [5, 5.41) is 0.963. The highest BCUT2D eigenvalue weighted by Gasteiger charge is 2.20. The maximum Gasteiger partial charge on any atom is 0.358 e. The average Bonchev–Trinajstić information content (AvgIpc) is 2.73. The second kappa shape index (κ2) is 5.49. The minimum atomic E-state index is -0.301. The fourth-order valence-corrected chi connectivity index (χ4v) is 2.94. The molecule has 0 N–H and O–H groups in total. The number of nitrogens with zero attached hydrogens (tertiary/aromatic N) is 2. The highest BCUT2D eigenvalue weighted by molar-refractivity contribution is 7.15. The third kappa shape index (κ3) is 2.77. The van der Waals surface area contributed by atoms with Gasteiger partial charge in [-0.15, -0.1) is 11.3 Å². The first-order valence-electron chi connectivity index (χ1n) is 6.12. The fourth-order valence-electron chi connectivity index (χ4n) is 1.99. The Bertz CT molecular complexity index is 397. The molecule has 2 rings (SSSR count). The summed E-state index contributed by atoms with van der Waals surface area (Å²) in [6, 6.07) is 0. The monoisotopic (exact) mass is 254 g/mol. The molecule has 17 heavy (non-hydrogen) atoms. The summed E-state index contributed by atoms with van der Waals surface area (Å²) in [7, 11) is 0. The fraction of sp³-hybridized carbons (Fsp3) is 0.667. The van der Waals surface area contributed by atoms with Crippen molar-refractivity contribution in [2.75, 3.05) is 24.6 Å². The van der Waals surface area contributed by atoms with E-state index < -0.39 is 0 Å². The summed E-state index contributed by atoms with van der Waals surface area (Å²) in [5.41, 5.74) is 0.484. The number of hydrogen-bond donors (Lipinski definition) is 0. The van der Waals surface area contributed by atoms with Gasteiger partial charge in [0.2, 0.25) is 0 Å². The minimum absolute atomic E-state index is 0.301. The normalized spacial score (nSPS) is 16.0. The van der Waals surface area contributed by atoms with Gasteiger partial charge in [-0.2, -0.15) is 0 Å². The molecule has 1 aromatic rings. The van der Waals surface area contributed by atoms with Crippen LogP contribution in [0.15, 0.2) is 0 Å². The van der Waals surface area contributed by atoms with Crippen LogP contribution in [0.5, 0.6) is 0 Å². The number of hydrogen-bond acceptors (Lipinski definition) is 5. The lowest BCUT2D eigenvalue weighted by atomic mass is 10.1. The van der Waals surface area contributed by atoms with Crippen molar-refractivity contribution in [1.29, 1.82) is 0 Å². The van der Waals surface area contributed by atoms with Crippen molar-refractivity contribution >= 4 is 22.4 Å². The molecule has 0 aromatic carbocycles. The molecular formula is C12H18N2O2S. The van der Waals surface area contributed by atoms with E-state index in [0.717, 1.165) is 23.1 Å². The molecule has 4 nitrogen and oxygen atoms in total. The Kier molecular flexibility index (Phi) is 3.99. The molecule has 0 atom stereocenters. The summed E-state index contributed by atoms with van der Waals surface area (Å²) in [6.45, 7) is 6.24. The van der Waals surface area contributed by atoms with Crippen molar-refractivity contribution in [3.63, 3.8) is 0 Å². The lowest BCUT2D eigenvalue weighted by Gasteiger charge is -2.25. The summed E-state index contributed by atoms with van der Waals surface area (Å²) in [6.07, 6.45) is 3.73. The zero-order valence-electron chi connectivity index (χ0n) is 10.4. The van der Waals surface area contributed by atoms with Crippen LogP contribution in [-0.2, 0) is 4.74 Å². The number of anilines is 1. The Hall–Kier alpha value is -1.10. The largest absolute Gasteiger partial charge is 0.461 e. The Morgan fingerprint density at radius 3 is 2.76 bits per heavy atom. The topological polar surface area (TPSA) is 42.4 Å². The number of aromatic nitrogens is 1. The summed E-state index contributed by atoms with van der Waals surface area (Å²) >= 11 is 1.59. The number of piperidine rings is 1. The Morgan fingerprint density at radius 2 is 2.12 bits per heavy atom. The van der Waals surface area contributed by atoms with E-state index in [9.17, 15) is 4.79 Å². The maximum absolute atomic E-state index is 11.7. The van der Waals surface area contributed by atoms with E-state index in [4.69, 9.17) is 4.74 Å².